The predicted octanol–water partition coefficient (Wildman–Crippen LogP) is 3.19. The van der Waals surface area contributed by atoms with E-state index in [-0.39, 0.29) is 6.10 Å². The predicted molar refractivity (Wildman–Crippen MR) is 86.9 cm³/mol. The number of hydrogen-bond donors (Lipinski definition) is 1. The molecular formula is C18H26N2O. The Labute approximate surface area is 127 Å². The van der Waals surface area contributed by atoms with Gasteiger partial charge < -0.3 is 9.67 Å². The van der Waals surface area contributed by atoms with Crippen molar-refractivity contribution >= 4 is 0 Å². The maximum atomic E-state index is 10.1. The second-order valence-corrected chi connectivity index (χ2v) is 5.71. The van der Waals surface area contributed by atoms with Crippen molar-refractivity contribution in [3.8, 4) is 0 Å². The van der Waals surface area contributed by atoms with Crippen LogP contribution < -0.4 is 0 Å². The first-order valence-electron chi connectivity index (χ1n) is 7.73. The molecule has 0 saturated heterocycles. The molecule has 1 N–H and O–H groups in total. The Hall–Kier alpha value is -1.58. The number of aryl methyl sites for hydroxylation is 1. The van der Waals surface area contributed by atoms with E-state index in [9.17, 15) is 5.11 Å². The van der Waals surface area contributed by atoms with Gasteiger partial charge in [-0.15, -0.1) is 0 Å². The van der Waals surface area contributed by atoms with Crippen molar-refractivity contribution in [3.05, 3.63) is 59.9 Å². The largest absolute Gasteiger partial charge is 0.392 e. The van der Waals surface area contributed by atoms with Crippen LogP contribution >= 0.6 is 0 Å². The third-order valence-corrected chi connectivity index (χ3v) is 3.78. The summed E-state index contributed by atoms with van der Waals surface area (Å²) in [6, 6.07) is 14.7. The molecule has 114 valence electrons. The van der Waals surface area contributed by atoms with E-state index < -0.39 is 0 Å². The molecule has 0 aliphatic carbocycles. The molecule has 2 aromatic rings. The molecule has 0 fully saturated rings. The second-order valence-electron chi connectivity index (χ2n) is 5.71. The molecular weight excluding hydrogens is 260 g/mol. The number of aliphatic hydroxyl groups is 1. The van der Waals surface area contributed by atoms with Gasteiger partial charge in [-0.1, -0.05) is 43.7 Å². The normalized spacial score (nSPS) is 12.8. The smallest absolute Gasteiger partial charge is 0.0667 e. The van der Waals surface area contributed by atoms with Crippen LogP contribution in [0.1, 0.15) is 31.0 Å². The summed E-state index contributed by atoms with van der Waals surface area (Å²) < 4.78 is 2.14. The molecule has 1 unspecified atom stereocenters. The maximum Gasteiger partial charge on any atom is 0.0667 e. The van der Waals surface area contributed by atoms with Crippen molar-refractivity contribution in [2.75, 3.05) is 6.54 Å². The van der Waals surface area contributed by atoms with Crippen molar-refractivity contribution in [1.29, 1.82) is 0 Å². The van der Waals surface area contributed by atoms with Crippen molar-refractivity contribution in [2.45, 2.75) is 39.0 Å². The Bertz CT molecular complexity index is 521. The van der Waals surface area contributed by atoms with Crippen LogP contribution in [0.15, 0.2) is 48.7 Å². The highest BCUT2D eigenvalue weighted by Gasteiger charge is 2.13. The van der Waals surface area contributed by atoms with E-state index in [0.717, 1.165) is 25.9 Å². The van der Waals surface area contributed by atoms with E-state index in [0.29, 0.717) is 6.54 Å². The van der Waals surface area contributed by atoms with E-state index in [1.165, 1.54) is 11.3 Å². The SMILES string of the molecule is CCCC(O)CN(Cc1ccccc1)Cc1cccn1C. The Balaban J connectivity index is 2.04. The van der Waals surface area contributed by atoms with E-state index in [1.54, 1.807) is 0 Å². The van der Waals surface area contributed by atoms with Gasteiger partial charge >= 0.3 is 0 Å². The van der Waals surface area contributed by atoms with Gasteiger partial charge in [0.2, 0.25) is 0 Å². The minimum atomic E-state index is -0.251. The zero-order valence-corrected chi connectivity index (χ0v) is 13.1. The van der Waals surface area contributed by atoms with Crippen LogP contribution in [-0.4, -0.2) is 27.2 Å². The summed E-state index contributed by atoms with van der Waals surface area (Å²) >= 11 is 0. The highest BCUT2D eigenvalue weighted by atomic mass is 16.3. The highest BCUT2D eigenvalue weighted by molar-refractivity contribution is 5.15. The molecule has 3 nitrogen and oxygen atoms in total. The molecule has 0 bridgehead atoms. The fraction of sp³-hybridized carbons (Fsp3) is 0.444. The average molecular weight is 286 g/mol. The summed E-state index contributed by atoms with van der Waals surface area (Å²) in [6.45, 7) is 4.56. The molecule has 0 aliphatic heterocycles. The lowest BCUT2D eigenvalue weighted by Gasteiger charge is -2.25. The molecule has 0 saturated carbocycles. The van der Waals surface area contributed by atoms with Gasteiger partial charge in [0.25, 0.3) is 0 Å². The maximum absolute atomic E-state index is 10.1. The Morgan fingerprint density at radius 3 is 2.48 bits per heavy atom. The molecule has 3 heteroatoms. The summed E-state index contributed by atoms with van der Waals surface area (Å²) in [5.41, 5.74) is 2.56. The highest BCUT2D eigenvalue weighted by Crippen LogP contribution is 2.12. The van der Waals surface area contributed by atoms with Gasteiger partial charge in [0.1, 0.15) is 0 Å². The lowest BCUT2D eigenvalue weighted by molar-refractivity contribution is 0.0959. The number of rotatable bonds is 8. The Morgan fingerprint density at radius 1 is 1.10 bits per heavy atom. The van der Waals surface area contributed by atoms with Crippen LogP contribution in [0.3, 0.4) is 0 Å². The summed E-state index contributed by atoms with van der Waals surface area (Å²) in [6.07, 6.45) is 3.69. The standard InChI is InChI=1S/C18H26N2O/c1-3-8-18(21)15-20(13-16-9-5-4-6-10-16)14-17-11-7-12-19(17)2/h4-7,9-12,18,21H,3,8,13-15H2,1-2H3. The molecule has 21 heavy (non-hydrogen) atoms. The number of benzene rings is 1. The molecule has 1 aromatic carbocycles. The van der Waals surface area contributed by atoms with Crippen LogP contribution in [0.5, 0.6) is 0 Å². The topological polar surface area (TPSA) is 28.4 Å². The zero-order chi connectivity index (χ0) is 15.1. The third-order valence-electron chi connectivity index (χ3n) is 3.78. The minimum absolute atomic E-state index is 0.251. The van der Waals surface area contributed by atoms with E-state index in [2.05, 4.69) is 66.0 Å². The van der Waals surface area contributed by atoms with E-state index in [1.807, 2.05) is 6.07 Å². The lowest BCUT2D eigenvalue weighted by atomic mass is 10.1. The van der Waals surface area contributed by atoms with Crippen LogP contribution in [0.2, 0.25) is 0 Å². The third kappa shape index (κ3) is 5.03. The van der Waals surface area contributed by atoms with Crippen LogP contribution in [-0.2, 0) is 20.1 Å². The lowest BCUT2D eigenvalue weighted by Crippen LogP contribution is -2.32. The summed E-state index contributed by atoms with van der Waals surface area (Å²) in [7, 11) is 2.07. The van der Waals surface area contributed by atoms with Gasteiger partial charge in [0.05, 0.1) is 6.10 Å². The van der Waals surface area contributed by atoms with Gasteiger partial charge in [0.15, 0.2) is 0 Å². The molecule has 1 heterocycles. The number of hydrogen-bond acceptors (Lipinski definition) is 2. The molecule has 1 atom stereocenters. The summed E-state index contributed by atoms with van der Waals surface area (Å²) in [4.78, 5) is 2.32. The summed E-state index contributed by atoms with van der Waals surface area (Å²) in [5.74, 6) is 0. The van der Waals surface area contributed by atoms with Crippen molar-refractivity contribution in [2.24, 2.45) is 7.05 Å². The first-order valence-corrected chi connectivity index (χ1v) is 7.73. The quantitative estimate of drug-likeness (QED) is 0.807. The molecule has 0 aliphatic rings. The number of nitrogens with zero attached hydrogens (tertiary/aromatic N) is 2. The first-order chi connectivity index (χ1) is 10.2. The van der Waals surface area contributed by atoms with Crippen molar-refractivity contribution in [1.82, 2.24) is 9.47 Å². The molecule has 0 amide bonds. The Kier molecular flexibility index (Phi) is 6.03. The van der Waals surface area contributed by atoms with Gasteiger partial charge in [-0.25, -0.2) is 0 Å². The zero-order valence-electron chi connectivity index (χ0n) is 13.1. The first kappa shape index (κ1) is 15.8. The van der Waals surface area contributed by atoms with Gasteiger partial charge in [-0.3, -0.25) is 4.90 Å². The van der Waals surface area contributed by atoms with Gasteiger partial charge in [-0.2, -0.15) is 0 Å². The van der Waals surface area contributed by atoms with Crippen molar-refractivity contribution in [3.63, 3.8) is 0 Å². The van der Waals surface area contributed by atoms with Crippen LogP contribution in [0, 0.1) is 0 Å². The molecule has 2 rings (SSSR count). The minimum Gasteiger partial charge on any atom is -0.392 e. The van der Waals surface area contributed by atoms with Crippen molar-refractivity contribution < 1.29 is 5.11 Å². The molecule has 0 radical (unpaired) electrons. The fourth-order valence-corrected chi connectivity index (χ4v) is 2.64. The van der Waals surface area contributed by atoms with Gasteiger partial charge in [-0.05, 0) is 24.1 Å². The summed E-state index contributed by atoms with van der Waals surface area (Å²) in [5, 5.41) is 10.1. The molecule has 1 aromatic heterocycles. The number of aromatic nitrogens is 1. The molecule has 0 spiro atoms. The van der Waals surface area contributed by atoms with Crippen LogP contribution in [0.25, 0.3) is 0 Å². The monoisotopic (exact) mass is 286 g/mol. The van der Waals surface area contributed by atoms with E-state index in [4.69, 9.17) is 0 Å². The average Bonchev–Trinajstić information content (AvgIpc) is 2.85. The fourth-order valence-electron chi connectivity index (χ4n) is 2.64. The van der Waals surface area contributed by atoms with Gasteiger partial charge in [0, 0.05) is 38.6 Å². The van der Waals surface area contributed by atoms with E-state index >= 15 is 0 Å². The number of aliphatic hydroxyl groups excluding tert-OH is 1. The Morgan fingerprint density at radius 2 is 1.86 bits per heavy atom. The second kappa shape index (κ2) is 8.01. The van der Waals surface area contributed by atoms with Crippen LogP contribution in [0.4, 0.5) is 0 Å².